The minimum Gasteiger partial charge on any atom is -0.462 e. The number of allylic oxidation sites excluding steroid dienone is 8. The molecule has 0 amide bonds. The summed E-state index contributed by atoms with van der Waals surface area (Å²) in [5.74, 6) is -0.569. The molecule has 0 aliphatic heterocycles. The number of aliphatic hydroxyl groups is 1. The van der Waals surface area contributed by atoms with E-state index in [2.05, 4.69) is 62.5 Å². The fourth-order valence-corrected chi connectivity index (χ4v) is 10.6. The Hall–Kier alpha value is -2.14. The number of unbranched alkanes of at least 4 members (excludes halogenated alkanes) is 48. The van der Waals surface area contributed by atoms with Gasteiger partial charge in [-0.3, -0.25) is 9.59 Å². The molecule has 0 rings (SSSR count). The van der Waals surface area contributed by atoms with Crippen LogP contribution in [0.15, 0.2) is 48.6 Å². The molecule has 0 saturated carbocycles. The molecule has 5 nitrogen and oxygen atoms in total. The Morgan fingerprint density at radius 1 is 0.316 bits per heavy atom. The van der Waals surface area contributed by atoms with Gasteiger partial charge in [0.25, 0.3) is 0 Å². The second-order valence-electron chi connectivity index (χ2n) is 23.2. The molecule has 446 valence electrons. The van der Waals surface area contributed by atoms with Gasteiger partial charge in [0.2, 0.25) is 0 Å². The highest BCUT2D eigenvalue weighted by molar-refractivity contribution is 5.70. The fraction of sp³-hybridized carbons (Fsp3) is 0.859. The zero-order valence-corrected chi connectivity index (χ0v) is 51.3. The van der Waals surface area contributed by atoms with Crippen LogP contribution in [0.5, 0.6) is 0 Å². The van der Waals surface area contributed by atoms with Crippen LogP contribution >= 0.6 is 0 Å². The summed E-state index contributed by atoms with van der Waals surface area (Å²) in [7, 11) is 0. The number of esters is 2. The monoisotopic (exact) mass is 1070 g/mol. The highest BCUT2D eigenvalue weighted by atomic mass is 16.6. The zero-order chi connectivity index (χ0) is 54.8. The highest BCUT2D eigenvalue weighted by Crippen LogP contribution is 2.19. The van der Waals surface area contributed by atoms with Gasteiger partial charge >= 0.3 is 11.9 Å². The summed E-state index contributed by atoms with van der Waals surface area (Å²) < 4.78 is 10.8. The lowest BCUT2D eigenvalue weighted by Crippen LogP contribution is -2.28. The quantitative estimate of drug-likeness (QED) is 0.0373. The van der Waals surface area contributed by atoms with Crippen molar-refractivity contribution in [3.05, 3.63) is 48.6 Å². The normalized spacial score (nSPS) is 12.4. The second-order valence-corrected chi connectivity index (χ2v) is 23.2. The molecule has 0 aromatic carbocycles. The zero-order valence-electron chi connectivity index (χ0n) is 51.3. The average Bonchev–Trinajstić information content (AvgIpc) is 3.42. The first kappa shape index (κ1) is 73.9. The largest absolute Gasteiger partial charge is 0.462 e. The first-order valence-corrected chi connectivity index (χ1v) is 34.2. The Balaban J connectivity index is 3.39. The minimum atomic E-state index is -0.771. The van der Waals surface area contributed by atoms with Gasteiger partial charge in [0.1, 0.15) is 6.61 Å². The summed E-state index contributed by atoms with van der Waals surface area (Å²) in [5.41, 5.74) is 0. The molecule has 0 bridgehead atoms. The smallest absolute Gasteiger partial charge is 0.306 e. The summed E-state index contributed by atoms with van der Waals surface area (Å²) >= 11 is 0. The molecule has 0 aliphatic carbocycles. The Morgan fingerprint density at radius 2 is 0.566 bits per heavy atom. The van der Waals surface area contributed by atoms with Gasteiger partial charge in [-0.25, -0.2) is 0 Å². The Labute approximate surface area is 475 Å². The second kappa shape index (κ2) is 67.1. The van der Waals surface area contributed by atoms with Crippen molar-refractivity contribution in [2.45, 2.75) is 380 Å². The van der Waals surface area contributed by atoms with Crippen LogP contribution in [0.1, 0.15) is 373 Å². The van der Waals surface area contributed by atoms with E-state index >= 15 is 0 Å². The van der Waals surface area contributed by atoms with E-state index in [4.69, 9.17) is 9.47 Å². The van der Waals surface area contributed by atoms with Crippen LogP contribution in [0.25, 0.3) is 0 Å². The molecule has 0 aliphatic rings. The van der Waals surface area contributed by atoms with Gasteiger partial charge < -0.3 is 14.6 Å². The highest BCUT2D eigenvalue weighted by Gasteiger charge is 2.16. The minimum absolute atomic E-state index is 0.0606. The van der Waals surface area contributed by atoms with E-state index in [0.29, 0.717) is 12.8 Å². The maximum Gasteiger partial charge on any atom is 0.306 e. The molecule has 0 saturated heterocycles. The molecule has 1 unspecified atom stereocenters. The average molecular weight is 1070 g/mol. The van der Waals surface area contributed by atoms with Crippen molar-refractivity contribution in [3.63, 3.8) is 0 Å². The van der Waals surface area contributed by atoms with Gasteiger partial charge in [-0.2, -0.15) is 0 Å². The number of hydrogen-bond donors (Lipinski definition) is 1. The van der Waals surface area contributed by atoms with E-state index in [0.717, 1.165) is 57.8 Å². The molecule has 0 aromatic rings. The van der Waals surface area contributed by atoms with Crippen LogP contribution in [0.3, 0.4) is 0 Å². The molecule has 0 fully saturated rings. The van der Waals surface area contributed by atoms with Crippen LogP contribution in [0.2, 0.25) is 0 Å². The molecule has 0 spiro atoms. The van der Waals surface area contributed by atoms with Crippen molar-refractivity contribution in [3.8, 4) is 0 Å². The molecular weight excluding hydrogens is 933 g/mol. The summed E-state index contributed by atoms with van der Waals surface area (Å²) in [6.07, 6.45) is 90.1. The van der Waals surface area contributed by atoms with E-state index < -0.39 is 6.10 Å². The van der Waals surface area contributed by atoms with Crippen molar-refractivity contribution < 1.29 is 24.2 Å². The molecule has 1 atom stereocenters. The Bertz CT molecular complexity index is 1250. The van der Waals surface area contributed by atoms with E-state index in [9.17, 15) is 14.7 Å². The van der Waals surface area contributed by atoms with Crippen molar-refractivity contribution in [2.75, 3.05) is 13.2 Å². The van der Waals surface area contributed by atoms with Gasteiger partial charge in [-0.1, -0.05) is 358 Å². The van der Waals surface area contributed by atoms with E-state index in [1.807, 2.05) is 0 Å². The summed E-state index contributed by atoms with van der Waals surface area (Å²) in [6, 6.07) is 0. The topological polar surface area (TPSA) is 72.8 Å². The third-order valence-electron chi connectivity index (χ3n) is 15.6. The standard InChI is InChI=1S/C71H132O5/c1-3-5-7-9-11-13-15-17-19-21-23-25-27-29-31-33-34-35-36-38-39-41-43-45-47-49-51-53-55-57-59-61-63-65-70(73)75-68-69(67-72)76-71(74)66-64-62-60-58-56-54-52-50-48-46-44-42-40-37-32-30-28-26-24-22-20-18-16-14-12-10-8-6-4-2/h6,8,12,14,18,20,24,26,69,72H,3-5,7,9-11,13,15-17,19,21-23,25,27-68H2,1-2H3/b8-6-,14-12-,20-18-,26-24-. The maximum absolute atomic E-state index is 12.4. The number of rotatable bonds is 64. The van der Waals surface area contributed by atoms with Gasteiger partial charge in [-0.05, 0) is 51.4 Å². The predicted molar refractivity (Wildman–Crippen MR) is 334 cm³/mol. The van der Waals surface area contributed by atoms with Crippen molar-refractivity contribution in [1.82, 2.24) is 0 Å². The summed E-state index contributed by atoms with van der Waals surface area (Å²) in [6.45, 7) is 4.09. The lowest BCUT2D eigenvalue weighted by atomic mass is 10.0. The Morgan fingerprint density at radius 3 is 0.855 bits per heavy atom. The third kappa shape index (κ3) is 64.4. The molecule has 76 heavy (non-hydrogen) atoms. The number of carbonyl (C=O) groups excluding carboxylic acids is 2. The summed E-state index contributed by atoms with van der Waals surface area (Å²) in [4.78, 5) is 24.6. The predicted octanol–water partition coefficient (Wildman–Crippen LogP) is 23.5. The molecule has 5 heteroatoms. The van der Waals surface area contributed by atoms with Gasteiger partial charge in [0, 0.05) is 12.8 Å². The number of hydrogen-bond acceptors (Lipinski definition) is 5. The third-order valence-corrected chi connectivity index (χ3v) is 15.6. The van der Waals surface area contributed by atoms with Crippen molar-refractivity contribution in [1.29, 1.82) is 0 Å². The van der Waals surface area contributed by atoms with Crippen molar-refractivity contribution in [2.24, 2.45) is 0 Å². The van der Waals surface area contributed by atoms with Crippen LogP contribution in [-0.4, -0.2) is 36.4 Å². The first-order chi connectivity index (χ1) is 37.6. The maximum atomic E-state index is 12.4. The molecule has 1 N–H and O–H groups in total. The Kier molecular flexibility index (Phi) is 65.2. The van der Waals surface area contributed by atoms with Crippen molar-refractivity contribution >= 4 is 11.9 Å². The van der Waals surface area contributed by atoms with E-state index in [1.54, 1.807) is 0 Å². The van der Waals surface area contributed by atoms with Crippen LogP contribution in [0, 0.1) is 0 Å². The van der Waals surface area contributed by atoms with E-state index in [-0.39, 0.29) is 25.2 Å². The number of ether oxygens (including phenoxy) is 2. The van der Waals surface area contributed by atoms with Gasteiger partial charge in [0.05, 0.1) is 6.61 Å². The van der Waals surface area contributed by atoms with Gasteiger partial charge in [-0.15, -0.1) is 0 Å². The van der Waals surface area contributed by atoms with Gasteiger partial charge in [0.15, 0.2) is 6.10 Å². The van der Waals surface area contributed by atoms with Crippen LogP contribution in [-0.2, 0) is 19.1 Å². The first-order valence-electron chi connectivity index (χ1n) is 34.2. The molecule has 0 heterocycles. The van der Waals surface area contributed by atoms with Crippen LogP contribution in [0.4, 0.5) is 0 Å². The number of aliphatic hydroxyl groups excluding tert-OH is 1. The van der Waals surface area contributed by atoms with E-state index in [1.165, 1.54) is 289 Å². The lowest BCUT2D eigenvalue weighted by Gasteiger charge is -2.15. The van der Waals surface area contributed by atoms with Crippen LogP contribution < -0.4 is 0 Å². The SMILES string of the molecule is CC/C=C\C/C=C\C/C=C\C/C=C\CCCCCCCCCCCCCCCCCCC(=O)OC(CO)COC(=O)CCCCCCCCCCCCCCCCCCCCCCCCCCCCCCCCCCC. The molecular formula is C71H132O5. The molecule has 0 radical (unpaired) electrons. The summed E-state index contributed by atoms with van der Waals surface area (Å²) in [5, 5.41) is 9.70. The fourth-order valence-electron chi connectivity index (χ4n) is 10.6. The number of carbonyl (C=O) groups is 2. The molecule has 0 aromatic heterocycles. The lowest BCUT2D eigenvalue weighted by molar-refractivity contribution is -0.161.